The molecule has 0 amide bonds. The first-order valence-corrected chi connectivity index (χ1v) is 14.4. The van der Waals surface area contributed by atoms with E-state index in [0.717, 1.165) is 6.42 Å². The molecule has 0 aromatic carbocycles. The summed E-state index contributed by atoms with van der Waals surface area (Å²) in [5.74, 6) is 0. The van der Waals surface area contributed by atoms with E-state index in [2.05, 4.69) is 68.4 Å². The van der Waals surface area contributed by atoms with E-state index >= 15 is 0 Å². The fourth-order valence-corrected chi connectivity index (χ4v) is 12.5. The Labute approximate surface area is 204 Å². The molecule has 0 aliphatic heterocycles. The highest BCUT2D eigenvalue weighted by molar-refractivity contribution is 5.41. The summed E-state index contributed by atoms with van der Waals surface area (Å²) >= 11 is 0. The van der Waals surface area contributed by atoms with Crippen LogP contribution in [0.1, 0.15) is 133 Å². The summed E-state index contributed by atoms with van der Waals surface area (Å²) in [6.45, 7) is 23.7. The third-order valence-electron chi connectivity index (χ3n) is 15.6. The Kier molecular flexibility index (Phi) is 4.07. The summed E-state index contributed by atoms with van der Waals surface area (Å²) < 4.78 is 0. The second-order valence-corrected chi connectivity index (χ2v) is 16.6. The Balaban J connectivity index is 1.51. The van der Waals surface area contributed by atoms with Crippen molar-refractivity contribution in [3.05, 3.63) is 11.6 Å². The van der Waals surface area contributed by atoms with Gasteiger partial charge in [-0.15, -0.1) is 0 Å². The Morgan fingerprint density at radius 1 is 0.667 bits per heavy atom. The molecule has 1 heteroatoms. The lowest BCUT2D eigenvalue weighted by Crippen LogP contribution is -2.69. The average molecular weight is 453 g/mol. The Hall–Kier alpha value is -0.300. The number of aliphatic hydroxyl groups is 1. The predicted molar refractivity (Wildman–Crippen MR) is 138 cm³/mol. The van der Waals surface area contributed by atoms with Crippen molar-refractivity contribution >= 4 is 0 Å². The monoisotopic (exact) mass is 452 g/mol. The molecule has 1 nitrogen and oxygen atoms in total. The van der Waals surface area contributed by atoms with Gasteiger partial charge in [-0.1, -0.05) is 74.0 Å². The minimum atomic E-state index is -0.0809. The maximum atomic E-state index is 11.0. The normalized spacial score (nSPS) is 63.2. The molecule has 6 aliphatic carbocycles. The Morgan fingerprint density at radius 3 is 2.03 bits per heavy atom. The zero-order valence-corrected chi connectivity index (χ0v) is 23.4. The van der Waals surface area contributed by atoms with Crippen molar-refractivity contribution in [2.24, 2.45) is 48.7 Å². The molecule has 0 radical (unpaired) electrons. The van der Waals surface area contributed by atoms with Crippen LogP contribution in [0.3, 0.4) is 0 Å². The van der Waals surface area contributed by atoms with Crippen LogP contribution in [0, 0.1) is 48.7 Å². The van der Waals surface area contributed by atoms with Crippen LogP contribution in [0.25, 0.3) is 0 Å². The van der Waals surface area contributed by atoms with Gasteiger partial charge in [-0.05, 0) is 114 Å². The molecule has 6 aliphatic rings. The summed E-state index contributed by atoms with van der Waals surface area (Å²) in [5.41, 5.74) is 4.92. The highest BCUT2D eigenvalue weighted by Gasteiger charge is 2.84. The Morgan fingerprint density at radius 2 is 1.33 bits per heavy atom. The zero-order chi connectivity index (χ0) is 24.1. The van der Waals surface area contributed by atoms with E-state index in [4.69, 9.17) is 0 Å². The van der Waals surface area contributed by atoms with Crippen molar-refractivity contribution in [3.63, 3.8) is 0 Å². The fraction of sp³-hybridized carbons (Fsp3) is 0.938. The quantitative estimate of drug-likeness (QED) is 0.364. The van der Waals surface area contributed by atoms with Gasteiger partial charge in [0.2, 0.25) is 0 Å². The molecule has 5 saturated carbocycles. The first-order chi connectivity index (χ1) is 15.0. The molecule has 186 valence electrons. The molecule has 0 bridgehead atoms. The molecule has 0 aromatic heterocycles. The highest BCUT2D eigenvalue weighted by atomic mass is 16.3. The van der Waals surface area contributed by atoms with Gasteiger partial charge in [0.1, 0.15) is 0 Å². The van der Waals surface area contributed by atoms with Crippen molar-refractivity contribution in [3.8, 4) is 0 Å². The van der Waals surface area contributed by atoms with Gasteiger partial charge in [-0.2, -0.15) is 0 Å². The standard InChI is InChI=1S/C32H52O/c1-24(2)14-15-25(3)16-17-26(4)22(27(25,5)20-24)10-12-30(8)29(26,7)18-19-32-21-28(32,6)23(33)11-13-31(30,32)9/h10,23,33H,11-21H2,1-9H3/t23?,25?,26-,27?,28-,29?,30+,31?,32-/m1/s1. The molecule has 6 rings (SSSR count). The molecule has 1 spiro atoms. The summed E-state index contributed by atoms with van der Waals surface area (Å²) in [7, 11) is 0. The maximum absolute atomic E-state index is 11.0. The van der Waals surface area contributed by atoms with Crippen LogP contribution in [0.4, 0.5) is 0 Å². The lowest BCUT2D eigenvalue weighted by atomic mass is 9.28. The summed E-state index contributed by atoms with van der Waals surface area (Å²) in [5, 5.41) is 11.0. The minimum absolute atomic E-state index is 0.0809. The van der Waals surface area contributed by atoms with Crippen LogP contribution in [-0.4, -0.2) is 11.2 Å². The van der Waals surface area contributed by atoms with Crippen LogP contribution < -0.4 is 0 Å². The third-order valence-corrected chi connectivity index (χ3v) is 15.6. The van der Waals surface area contributed by atoms with Gasteiger partial charge in [-0.3, -0.25) is 0 Å². The van der Waals surface area contributed by atoms with E-state index in [0.29, 0.717) is 43.3 Å². The molecule has 0 heterocycles. The summed E-state index contributed by atoms with van der Waals surface area (Å²) in [4.78, 5) is 0. The van der Waals surface area contributed by atoms with Crippen molar-refractivity contribution in [2.45, 2.75) is 139 Å². The molecule has 5 fully saturated rings. The smallest absolute Gasteiger partial charge is 0.0599 e. The maximum Gasteiger partial charge on any atom is 0.0599 e. The average Bonchev–Trinajstić information content (AvgIpc) is 3.36. The van der Waals surface area contributed by atoms with E-state index in [1.807, 2.05) is 5.57 Å². The van der Waals surface area contributed by atoms with E-state index in [1.54, 1.807) is 0 Å². The lowest BCUT2D eigenvalue weighted by Gasteiger charge is -2.76. The lowest BCUT2D eigenvalue weighted by molar-refractivity contribution is -0.241. The van der Waals surface area contributed by atoms with E-state index in [9.17, 15) is 5.11 Å². The van der Waals surface area contributed by atoms with Crippen LogP contribution in [0.2, 0.25) is 0 Å². The second kappa shape index (κ2) is 5.81. The van der Waals surface area contributed by atoms with Crippen molar-refractivity contribution in [1.29, 1.82) is 0 Å². The van der Waals surface area contributed by atoms with Crippen LogP contribution >= 0.6 is 0 Å². The number of fused-ring (bicyclic) bond motifs is 6. The molecule has 9 atom stereocenters. The minimum Gasteiger partial charge on any atom is -0.393 e. The Bertz CT molecular complexity index is 946. The van der Waals surface area contributed by atoms with E-state index < -0.39 is 0 Å². The second-order valence-electron chi connectivity index (χ2n) is 16.6. The third kappa shape index (κ3) is 2.13. The number of hydrogen-bond acceptors (Lipinski definition) is 1. The van der Waals surface area contributed by atoms with Crippen molar-refractivity contribution < 1.29 is 5.11 Å². The van der Waals surface area contributed by atoms with E-state index in [-0.39, 0.29) is 11.5 Å². The number of aliphatic hydroxyl groups excluding tert-OH is 1. The summed E-state index contributed by atoms with van der Waals surface area (Å²) in [6, 6.07) is 0. The number of rotatable bonds is 0. The highest BCUT2D eigenvalue weighted by Crippen LogP contribution is 2.90. The van der Waals surface area contributed by atoms with Crippen molar-refractivity contribution in [2.75, 3.05) is 0 Å². The van der Waals surface area contributed by atoms with Gasteiger partial charge in [0.25, 0.3) is 0 Å². The zero-order valence-electron chi connectivity index (χ0n) is 23.4. The van der Waals surface area contributed by atoms with Crippen LogP contribution in [0.15, 0.2) is 11.6 Å². The summed E-state index contributed by atoms with van der Waals surface area (Å²) in [6.07, 6.45) is 17.1. The SMILES string of the molecule is CC1(C)CCC2(C)CC[C@]3(C)C(=CC[C@]4(C)C5(C)CCC(O)[C@@]6(C)C[C@@]56CCC43C)C2(C)C1. The van der Waals surface area contributed by atoms with Gasteiger partial charge in [0.05, 0.1) is 6.10 Å². The fourth-order valence-electron chi connectivity index (χ4n) is 12.5. The van der Waals surface area contributed by atoms with Crippen molar-refractivity contribution in [1.82, 2.24) is 0 Å². The van der Waals surface area contributed by atoms with Crippen LogP contribution in [0.5, 0.6) is 0 Å². The van der Waals surface area contributed by atoms with Gasteiger partial charge < -0.3 is 5.11 Å². The topological polar surface area (TPSA) is 20.2 Å². The molecule has 5 unspecified atom stereocenters. The van der Waals surface area contributed by atoms with Gasteiger partial charge >= 0.3 is 0 Å². The molecular weight excluding hydrogens is 400 g/mol. The predicted octanol–water partition coefficient (Wildman–Crippen LogP) is 8.70. The molecule has 33 heavy (non-hydrogen) atoms. The number of allylic oxidation sites excluding steroid dienone is 2. The van der Waals surface area contributed by atoms with Gasteiger partial charge in [0, 0.05) is 5.41 Å². The molecule has 1 N–H and O–H groups in total. The largest absolute Gasteiger partial charge is 0.393 e. The van der Waals surface area contributed by atoms with Gasteiger partial charge in [0.15, 0.2) is 0 Å². The van der Waals surface area contributed by atoms with Gasteiger partial charge in [-0.25, -0.2) is 0 Å². The molecule has 0 saturated heterocycles. The first kappa shape index (κ1) is 23.1. The first-order valence-electron chi connectivity index (χ1n) is 14.4. The van der Waals surface area contributed by atoms with E-state index in [1.165, 1.54) is 64.2 Å². The number of hydrogen-bond donors (Lipinski definition) is 1. The van der Waals surface area contributed by atoms with Crippen LogP contribution in [-0.2, 0) is 0 Å². The molecule has 0 aromatic rings. The molecular formula is C32H52O.